The van der Waals surface area contributed by atoms with Crippen LogP contribution in [-0.2, 0) is 5.41 Å². The van der Waals surface area contributed by atoms with Crippen molar-refractivity contribution in [1.82, 2.24) is 25.8 Å². The number of nitrogens with two attached hydrogens (primary N) is 2. The van der Waals surface area contributed by atoms with Gasteiger partial charge in [0.1, 0.15) is 17.8 Å². The molecule has 0 saturated carbocycles. The van der Waals surface area contributed by atoms with Crippen LogP contribution >= 0.6 is 0 Å². The average Bonchev–Trinajstić information content (AvgIpc) is 3.37. The fraction of sp³-hybridized carbons (Fsp3) is 0.615. The molecule has 1 aromatic rings. The quantitative estimate of drug-likeness (QED) is 0.164. The van der Waals surface area contributed by atoms with E-state index in [9.17, 15) is 19.8 Å². The van der Waals surface area contributed by atoms with Gasteiger partial charge in [-0.3, -0.25) is 20.4 Å². The van der Waals surface area contributed by atoms with E-state index in [4.69, 9.17) is 16.2 Å². The molecule has 5 rings (SSSR count). The van der Waals surface area contributed by atoms with Crippen molar-refractivity contribution in [3.63, 3.8) is 0 Å². The Morgan fingerprint density at radius 2 is 2.00 bits per heavy atom. The summed E-state index contributed by atoms with van der Waals surface area (Å²) in [5.74, 6) is -2.46. The van der Waals surface area contributed by atoms with Crippen LogP contribution in [0.5, 0.6) is 5.75 Å². The monoisotopic (exact) mass is 558 g/mol. The fourth-order valence-corrected chi connectivity index (χ4v) is 6.34. The summed E-state index contributed by atoms with van der Waals surface area (Å²) in [6.45, 7) is 9.49. The molecule has 40 heavy (non-hydrogen) atoms. The van der Waals surface area contributed by atoms with Gasteiger partial charge in [0.25, 0.3) is 11.6 Å². The van der Waals surface area contributed by atoms with E-state index in [-0.39, 0.29) is 36.5 Å². The number of carbonyl (C=O) groups is 2. The van der Waals surface area contributed by atoms with Crippen LogP contribution in [0, 0.1) is 0 Å². The van der Waals surface area contributed by atoms with E-state index in [1.165, 1.54) is 4.90 Å². The summed E-state index contributed by atoms with van der Waals surface area (Å²) in [6.07, 6.45) is 0.814. The summed E-state index contributed by atoms with van der Waals surface area (Å²) >= 11 is 0. The molecule has 4 atom stereocenters. The van der Waals surface area contributed by atoms with E-state index in [1.54, 1.807) is 17.0 Å². The van der Waals surface area contributed by atoms with Crippen LogP contribution in [0.25, 0.3) is 0 Å². The van der Waals surface area contributed by atoms with Crippen molar-refractivity contribution in [2.75, 3.05) is 32.8 Å². The average molecular weight is 559 g/mol. The van der Waals surface area contributed by atoms with Gasteiger partial charge in [0.15, 0.2) is 12.0 Å². The molecule has 3 amide bonds. The predicted molar refractivity (Wildman–Crippen MR) is 146 cm³/mol. The molecule has 0 aromatic heterocycles. The molecule has 1 fully saturated rings. The first-order valence-electron chi connectivity index (χ1n) is 13.7. The van der Waals surface area contributed by atoms with Gasteiger partial charge >= 0.3 is 12.0 Å². The molecule has 1 saturated heterocycles. The summed E-state index contributed by atoms with van der Waals surface area (Å²) in [4.78, 5) is 36.9. The number of nitrogens with zero attached hydrogens (tertiary/aromatic N) is 3. The highest BCUT2D eigenvalue weighted by Gasteiger charge is 2.76. The number of guanidine groups is 2. The van der Waals surface area contributed by atoms with Gasteiger partial charge in [-0.25, -0.2) is 15.1 Å². The number of ether oxygens (including phenoxy) is 1. The molecule has 0 radical (unpaired) electrons. The summed E-state index contributed by atoms with van der Waals surface area (Å²) < 4.78 is 5.90. The normalized spacial score (nSPS) is 29.1. The number of fused-ring (bicyclic) bond motifs is 1. The first kappa shape index (κ1) is 27.8. The molecular formula is C26H40N9O5+. The minimum Gasteiger partial charge on any atom is -0.492 e. The van der Waals surface area contributed by atoms with Gasteiger partial charge in [-0.15, -0.1) is 0 Å². The summed E-state index contributed by atoms with van der Waals surface area (Å²) in [5, 5.41) is 32.0. The van der Waals surface area contributed by atoms with E-state index in [2.05, 4.69) is 39.8 Å². The standard InChI is InChI=1S/C26H39N9O5/c1-5-34(6-2)23(37)29-12-16-19-25(33-21(27)32-19)26(38,39)17(13-35(25)22(28)30-16)31-20(36)14-8-7-9-15-18(14)40-11-10-24(15,3)4/h7-9,16-17,19,38-39H,5-6,10-13H2,1-4H3,(H2,28,30)(H,29,37)(H,31,36)(H3,27,32,33)/p+1/t16-,17?,19-,25?/m0/s1. The number of rotatable bonds is 6. The zero-order valence-corrected chi connectivity index (χ0v) is 23.3. The molecule has 10 N–H and O–H groups in total. The SMILES string of the molecule is CCN(CC)C(=O)NC[C@@H]1N=C(N)N2CC(NC(=O)c3cccc4c3OCCC4(C)C)C(O)(O)C23NC(N)=[NH+][C@@H]13. The lowest BCUT2D eigenvalue weighted by Gasteiger charge is -2.46. The Hall–Kier alpha value is -3.78. The van der Waals surface area contributed by atoms with Gasteiger partial charge in [-0.1, -0.05) is 26.0 Å². The maximum atomic E-state index is 13.6. The number of hydrogen-bond acceptors (Lipinski definition) is 10. The number of nitrogens with one attached hydrogen (secondary N) is 4. The van der Waals surface area contributed by atoms with Gasteiger partial charge in [-0.05, 0) is 31.7 Å². The molecule has 4 heterocycles. The number of carbonyl (C=O) groups excluding carboxylic acids is 2. The van der Waals surface area contributed by atoms with Crippen LogP contribution in [0.15, 0.2) is 23.2 Å². The van der Waals surface area contributed by atoms with Crippen molar-refractivity contribution in [2.45, 2.75) is 69.1 Å². The van der Waals surface area contributed by atoms with Gasteiger partial charge < -0.3 is 36.2 Å². The first-order valence-corrected chi connectivity index (χ1v) is 13.7. The van der Waals surface area contributed by atoms with Gasteiger partial charge in [0, 0.05) is 25.2 Å². The molecule has 1 aromatic carbocycles. The third kappa shape index (κ3) is 4.08. The maximum Gasteiger partial charge on any atom is 0.343 e. The number of para-hydroxylation sites is 1. The van der Waals surface area contributed by atoms with E-state index in [0.29, 0.717) is 31.0 Å². The number of benzene rings is 1. The van der Waals surface area contributed by atoms with Gasteiger partial charge in [0.2, 0.25) is 5.79 Å². The Balaban J connectivity index is 1.42. The Bertz CT molecular complexity index is 1260. The van der Waals surface area contributed by atoms with E-state index < -0.39 is 35.5 Å². The van der Waals surface area contributed by atoms with Crippen molar-refractivity contribution in [2.24, 2.45) is 16.5 Å². The van der Waals surface area contributed by atoms with Crippen LogP contribution in [0.4, 0.5) is 4.79 Å². The highest BCUT2D eigenvalue weighted by Crippen LogP contribution is 2.42. The van der Waals surface area contributed by atoms with Crippen molar-refractivity contribution in [1.29, 1.82) is 0 Å². The lowest BCUT2D eigenvalue weighted by Crippen LogP contribution is -2.90. The highest BCUT2D eigenvalue weighted by molar-refractivity contribution is 5.98. The molecule has 14 heteroatoms. The number of amides is 3. The third-order valence-corrected chi connectivity index (χ3v) is 8.66. The lowest BCUT2D eigenvalue weighted by atomic mass is 9.79. The Labute approximate surface area is 232 Å². The largest absolute Gasteiger partial charge is 0.492 e. The minimum atomic E-state index is -2.56. The molecule has 4 aliphatic rings. The number of aliphatic imine (C=N–C) groups is 1. The van der Waals surface area contributed by atoms with Crippen LogP contribution < -0.4 is 37.1 Å². The lowest BCUT2D eigenvalue weighted by molar-refractivity contribution is -0.521. The van der Waals surface area contributed by atoms with Crippen LogP contribution in [0.1, 0.15) is 50.0 Å². The van der Waals surface area contributed by atoms with E-state index in [1.807, 2.05) is 19.9 Å². The fourth-order valence-electron chi connectivity index (χ4n) is 6.34. The smallest absolute Gasteiger partial charge is 0.343 e. The van der Waals surface area contributed by atoms with Gasteiger partial charge in [-0.2, -0.15) is 0 Å². The Morgan fingerprint density at radius 3 is 2.70 bits per heavy atom. The van der Waals surface area contributed by atoms with Crippen molar-refractivity contribution >= 4 is 23.9 Å². The molecule has 0 bridgehead atoms. The molecule has 1 spiro atoms. The topological polar surface area (TPSA) is 205 Å². The molecule has 218 valence electrons. The molecule has 14 nitrogen and oxygen atoms in total. The van der Waals surface area contributed by atoms with E-state index in [0.717, 1.165) is 12.0 Å². The van der Waals surface area contributed by atoms with Crippen molar-refractivity contribution in [3.05, 3.63) is 29.3 Å². The molecule has 4 aliphatic heterocycles. The zero-order chi connectivity index (χ0) is 29.0. The Morgan fingerprint density at radius 1 is 1.27 bits per heavy atom. The van der Waals surface area contributed by atoms with E-state index >= 15 is 0 Å². The highest BCUT2D eigenvalue weighted by atomic mass is 16.5. The summed E-state index contributed by atoms with van der Waals surface area (Å²) in [7, 11) is 0. The zero-order valence-electron chi connectivity index (χ0n) is 23.3. The third-order valence-electron chi connectivity index (χ3n) is 8.66. The van der Waals surface area contributed by atoms with Gasteiger partial charge in [0.05, 0.1) is 18.7 Å². The number of urea groups is 1. The maximum absolute atomic E-state index is 13.6. The minimum absolute atomic E-state index is 0.0220. The Kier molecular flexibility index (Phi) is 6.73. The molecule has 0 aliphatic carbocycles. The second kappa shape index (κ2) is 9.70. The molecule has 2 unspecified atom stereocenters. The van der Waals surface area contributed by atoms with Crippen molar-refractivity contribution < 1.29 is 29.5 Å². The second-order valence-electron chi connectivity index (χ2n) is 11.4. The first-order chi connectivity index (χ1) is 18.9. The van der Waals surface area contributed by atoms with Crippen LogP contribution in [-0.4, -0.2) is 106 Å². The summed E-state index contributed by atoms with van der Waals surface area (Å²) in [6, 6.07) is 2.42. The predicted octanol–water partition coefficient (Wildman–Crippen LogP) is -3.35. The summed E-state index contributed by atoms with van der Waals surface area (Å²) in [5.41, 5.74) is 11.9. The van der Waals surface area contributed by atoms with Crippen LogP contribution in [0.3, 0.4) is 0 Å². The number of aliphatic hydroxyl groups is 2. The second-order valence-corrected chi connectivity index (χ2v) is 11.4. The molecular weight excluding hydrogens is 518 g/mol. The van der Waals surface area contributed by atoms with Crippen LogP contribution in [0.2, 0.25) is 0 Å². The number of hydrogen-bond donors (Lipinski definition) is 8. The van der Waals surface area contributed by atoms with Crippen molar-refractivity contribution in [3.8, 4) is 5.75 Å².